The molecule has 2 aromatic carbocycles. The van der Waals surface area contributed by atoms with E-state index in [1.807, 2.05) is 6.92 Å². The Labute approximate surface area is 163 Å². The van der Waals surface area contributed by atoms with Crippen LogP contribution in [0.1, 0.15) is 18.4 Å². The number of nitrogens with one attached hydrogen (secondary N) is 1. The zero-order valence-electron chi connectivity index (χ0n) is 15.5. The van der Waals surface area contributed by atoms with Crippen LogP contribution in [0.5, 0.6) is 0 Å². The van der Waals surface area contributed by atoms with Gasteiger partial charge in [0.1, 0.15) is 23.5 Å². The van der Waals surface area contributed by atoms with Gasteiger partial charge in [-0.1, -0.05) is 23.8 Å². The first kappa shape index (κ1) is 18.8. The van der Waals surface area contributed by atoms with Crippen LogP contribution >= 0.6 is 0 Å². The minimum Gasteiger partial charge on any atom is -0.367 e. The fraction of sp³-hybridized carbons (Fsp3) is 0.300. The zero-order valence-corrected chi connectivity index (χ0v) is 16.3. The van der Waals surface area contributed by atoms with E-state index in [1.165, 1.54) is 16.7 Å². The summed E-state index contributed by atoms with van der Waals surface area (Å²) in [5, 5.41) is 3.95. The number of aromatic nitrogens is 2. The molecule has 8 heteroatoms. The van der Waals surface area contributed by atoms with Gasteiger partial charge in [-0.05, 0) is 44.0 Å². The largest absolute Gasteiger partial charge is 0.367 e. The first-order valence-electron chi connectivity index (χ1n) is 9.18. The van der Waals surface area contributed by atoms with E-state index in [4.69, 9.17) is 0 Å². The molecule has 6 nitrogen and oxygen atoms in total. The highest BCUT2D eigenvalue weighted by Gasteiger charge is 2.29. The number of para-hydroxylation sites is 1. The van der Waals surface area contributed by atoms with Gasteiger partial charge in [0.25, 0.3) is 0 Å². The van der Waals surface area contributed by atoms with Crippen molar-refractivity contribution in [3.05, 3.63) is 60.2 Å². The Hall–Kier alpha value is -2.58. The molecular formula is C20H21FN4O2S. The van der Waals surface area contributed by atoms with Gasteiger partial charge in [-0.15, -0.1) is 0 Å². The lowest BCUT2D eigenvalue weighted by Crippen LogP contribution is -2.42. The van der Waals surface area contributed by atoms with Crippen molar-refractivity contribution < 1.29 is 12.8 Å². The van der Waals surface area contributed by atoms with Crippen molar-refractivity contribution in [1.82, 2.24) is 14.3 Å². The number of piperidine rings is 1. The second kappa shape index (κ2) is 7.44. The quantitative estimate of drug-likeness (QED) is 0.727. The van der Waals surface area contributed by atoms with E-state index in [9.17, 15) is 12.8 Å². The molecule has 1 aromatic heterocycles. The maximum Gasteiger partial charge on any atom is 0.243 e. The van der Waals surface area contributed by atoms with Crippen LogP contribution in [0, 0.1) is 12.7 Å². The van der Waals surface area contributed by atoms with Crippen molar-refractivity contribution in [3.8, 4) is 0 Å². The van der Waals surface area contributed by atoms with Crippen LogP contribution in [-0.2, 0) is 10.0 Å². The van der Waals surface area contributed by atoms with Crippen molar-refractivity contribution in [3.63, 3.8) is 0 Å². The molecule has 0 aliphatic carbocycles. The SMILES string of the molecule is Cc1ccc(S(=O)(=O)N2CCC(Nc3ncnc4c(F)cccc34)CC2)cc1. The van der Waals surface area contributed by atoms with Gasteiger partial charge in [-0.2, -0.15) is 4.31 Å². The van der Waals surface area contributed by atoms with E-state index in [2.05, 4.69) is 15.3 Å². The molecule has 4 rings (SSSR count). The maximum absolute atomic E-state index is 13.9. The minimum atomic E-state index is -3.49. The molecule has 0 radical (unpaired) electrons. The topological polar surface area (TPSA) is 75.2 Å². The number of halogens is 1. The number of hydrogen-bond donors (Lipinski definition) is 1. The monoisotopic (exact) mass is 400 g/mol. The molecule has 1 N–H and O–H groups in total. The Morgan fingerprint density at radius 1 is 1.07 bits per heavy atom. The van der Waals surface area contributed by atoms with Gasteiger partial charge >= 0.3 is 0 Å². The molecule has 146 valence electrons. The fourth-order valence-corrected chi connectivity index (χ4v) is 4.93. The number of rotatable bonds is 4. The number of fused-ring (bicyclic) bond motifs is 1. The van der Waals surface area contributed by atoms with Crippen LogP contribution in [-0.4, -0.2) is 41.8 Å². The second-order valence-electron chi connectivity index (χ2n) is 6.99. The Balaban J connectivity index is 1.46. The Morgan fingerprint density at radius 3 is 2.50 bits per heavy atom. The highest BCUT2D eigenvalue weighted by atomic mass is 32.2. The predicted octanol–water partition coefficient (Wildman–Crippen LogP) is 3.34. The van der Waals surface area contributed by atoms with Crippen LogP contribution in [0.2, 0.25) is 0 Å². The van der Waals surface area contributed by atoms with Crippen molar-refractivity contribution in [2.24, 2.45) is 0 Å². The molecule has 28 heavy (non-hydrogen) atoms. The summed E-state index contributed by atoms with van der Waals surface area (Å²) in [6.45, 7) is 2.77. The summed E-state index contributed by atoms with van der Waals surface area (Å²) in [5.41, 5.74) is 1.30. The van der Waals surface area contributed by atoms with E-state index in [-0.39, 0.29) is 17.4 Å². The molecule has 0 saturated carbocycles. The molecule has 1 aliphatic heterocycles. The van der Waals surface area contributed by atoms with Crippen LogP contribution in [0.3, 0.4) is 0 Å². The molecular weight excluding hydrogens is 379 g/mol. The highest BCUT2D eigenvalue weighted by molar-refractivity contribution is 7.89. The second-order valence-corrected chi connectivity index (χ2v) is 8.93. The summed E-state index contributed by atoms with van der Waals surface area (Å²) in [4.78, 5) is 8.57. The smallest absolute Gasteiger partial charge is 0.243 e. The molecule has 0 bridgehead atoms. The lowest BCUT2D eigenvalue weighted by atomic mass is 10.1. The van der Waals surface area contributed by atoms with Gasteiger partial charge in [0, 0.05) is 24.5 Å². The molecule has 2 heterocycles. The fourth-order valence-electron chi connectivity index (χ4n) is 3.46. The molecule has 0 spiro atoms. The maximum atomic E-state index is 13.9. The van der Waals surface area contributed by atoms with E-state index < -0.39 is 10.0 Å². The third kappa shape index (κ3) is 3.57. The van der Waals surface area contributed by atoms with E-state index >= 15 is 0 Å². The third-order valence-electron chi connectivity index (χ3n) is 5.07. The van der Waals surface area contributed by atoms with Gasteiger partial charge in [-0.25, -0.2) is 22.8 Å². The van der Waals surface area contributed by atoms with Crippen molar-refractivity contribution >= 4 is 26.7 Å². The Kier molecular flexibility index (Phi) is 4.99. The van der Waals surface area contributed by atoms with Gasteiger partial charge in [0.15, 0.2) is 0 Å². The van der Waals surface area contributed by atoms with Crippen LogP contribution in [0.15, 0.2) is 53.7 Å². The Morgan fingerprint density at radius 2 is 1.79 bits per heavy atom. The summed E-state index contributed by atoms with van der Waals surface area (Å²) >= 11 is 0. The number of aryl methyl sites for hydroxylation is 1. The van der Waals surface area contributed by atoms with E-state index in [1.54, 1.807) is 36.4 Å². The average molecular weight is 400 g/mol. The number of hydrogen-bond acceptors (Lipinski definition) is 5. The van der Waals surface area contributed by atoms with Crippen molar-refractivity contribution in [2.45, 2.75) is 30.7 Å². The number of nitrogens with zero attached hydrogens (tertiary/aromatic N) is 3. The van der Waals surface area contributed by atoms with Gasteiger partial charge < -0.3 is 5.32 Å². The molecule has 1 fully saturated rings. The number of anilines is 1. The third-order valence-corrected chi connectivity index (χ3v) is 6.98. The number of sulfonamides is 1. The first-order chi connectivity index (χ1) is 13.4. The van der Waals surface area contributed by atoms with Gasteiger partial charge in [0.05, 0.1) is 4.90 Å². The zero-order chi connectivity index (χ0) is 19.7. The van der Waals surface area contributed by atoms with Crippen molar-refractivity contribution in [2.75, 3.05) is 18.4 Å². The van der Waals surface area contributed by atoms with Gasteiger partial charge in [0.2, 0.25) is 10.0 Å². The lowest BCUT2D eigenvalue weighted by molar-refractivity contribution is 0.329. The van der Waals surface area contributed by atoms with E-state index in [0.717, 1.165) is 5.56 Å². The predicted molar refractivity (Wildman–Crippen MR) is 106 cm³/mol. The molecule has 1 aliphatic rings. The first-order valence-corrected chi connectivity index (χ1v) is 10.6. The van der Waals surface area contributed by atoms with E-state index in [0.29, 0.717) is 42.0 Å². The number of benzene rings is 2. The normalized spacial score (nSPS) is 16.4. The molecule has 0 amide bonds. The molecule has 3 aromatic rings. The summed E-state index contributed by atoms with van der Waals surface area (Å²) in [5.74, 6) is 0.186. The highest BCUT2D eigenvalue weighted by Crippen LogP contribution is 2.26. The minimum absolute atomic E-state index is 0.0610. The lowest BCUT2D eigenvalue weighted by Gasteiger charge is -2.32. The molecule has 0 atom stereocenters. The average Bonchev–Trinajstić information content (AvgIpc) is 2.70. The summed E-state index contributed by atoms with van der Waals surface area (Å²) in [6.07, 6.45) is 2.63. The van der Waals surface area contributed by atoms with Crippen molar-refractivity contribution in [1.29, 1.82) is 0 Å². The van der Waals surface area contributed by atoms with Crippen LogP contribution < -0.4 is 5.32 Å². The van der Waals surface area contributed by atoms with Crippen LogP contribution in [0.25, 0.3) is 10.9 Å². The molecule has 0 unspecified atom stereocenters. The summed E-state index contributed by atoms with van der Waals surface area (Å²) < 4.78 is 41.1. The summed E-state index contributed by atoms with van der Waals surface area (Å²) in [6, 6.07) is 11.7. The van der Waals surface area contributed by atoms with Crippen LogP contribution in [0.4, 0.5) is 10.2 Å². The molecule has 1 saturated heterocycles. The standard InChI is InChI=1S/C20H21FN4O2S/c1-14-5-7-16(8-6-14)28(26,27)25-11-9-15(10-12-25)24-20-17-3-2-4-18(21)19(17)22-13-23-20/h2-8,13,15H,9-12H2,1H3,(H,22,23,24). The summed E-state index contributed by atoms with van der Waals surface area (Å²) in [7, 11) is -3.49. The van der Waals surface area contributed by atoms with Gasteiger partial charge in [-0.3, -0.25) is 0 Å². The Bertz CT molecular complexity index is 1090.